The molecule has 0 amide bonds. The number of aromatic nitrogens is 3. The molecule has 0 saturated carbocycles. The van der Waals surface area contributed by atoms with Gasteiger partial charge >= 0.3 is 0 Å². The van der Waals surface area contributed by atoms with Crippen molar-refractivity contribution in [3.05, 3.63) is 65.9 Å². The number of aliphatic hydroxyl groups is 1. The molecule has 0 saturated heterocycles. The highest BCUT2D eigenvalue weighted by atomic mass is 32.2. The molecule has 3 heterocycles. The van der Waals surface area contributed by atoms with Gasteiger partial charge in [-0.05, 0) is 88.1 Å². The van der Waals surface area contributed by atoms with E-state index in [0.29, 0.717) is 18.2 Å². The zero-order valence-corrected chi connectivity index (χ0v) is 25.0. The molecule has 1 aliphatic rings. The number of ether oxygens (including phenoxy) is 1. The molecule has 4 aromatic rings. The zero-order chi connectivity index (χ0) is 29.4. The van der Waals surface area contributed by atoms with Crippen molar-refractivity contribution in [1.29, 1.82) is 0 Å². The first-order chi connectivity index (χ1) is 19.4. The van der Waals surface area contributed by atoms with E-state index >= 15 is 0 Å². The topological polar surface area (TPSA) is 121 Å². The van der Waals surface area contributed by atoms with Gasteiger partial charge in [-0.1, -0.05) is 12.1 Å². The van der Waals surface area contributed by atoms with Crippen LogP contribution in [0.3, 0.4) is 0 Å². The Bertz CT molecular complexity index is 1660. The quantitative estimate of drug-likeness (QED) is 0.287. The predicted octanol–water partition coefficient (Wildman–Crippen LogP) is 4.01. The highest BCUT2D eigenvalue weighted by Crippen LogP contribution is 2.33. The van der Waals surface area contributed by atoms with Crippen LogP contribution < -0.4 is 14.8 Å². The fourth-order valence-corrected chi connectivity index (χ4v) is 6.67. The number of nitrogens with one attached hydrogen (secondary N) is 2. The Morgan fingerprint density at radius 2 is 1.80 bits per heavy atom. The van der Waals surface area contributed by atoms with Gasteiger partial charge in [0.05, 0.1) is 41.2 Å². The zero-order valence-electron chi connectivity index (χ0n) is 24.2. The highest BCUT2D eigenvalue weighted by molar-refractivity contribution is 7.89. The van der Waals surface area contributed by atoms with Crippen molar-refractivity contribution in [1.82, 2.24) is 24.2 Å². The summed E-state index contributed by atoms with van der Waals surface area (Å²) in [5.74, 6) is 1.09. The van der Waals surface area contributed by atoms with Crippen LogP contribution >= 0.6 is 0 Å². The predicted molar refractivity (Wildman–Crippen MR) is 160 cm³/mol. The number of methoxy groups -OCH3 is 1. The molecule has 0 aliphatic carbocycles. The lowest BCUT2D eigenvalue weighted by molar-refractivity contribution is 0.129. The summed E-state index contributed by atoms with van der Waals surface area (Å²) in [7, 11) is -2.05. The number of hydrogen-bond acceptors (Lipinski definition) is 8. The molecule has 1 unspecified atom stereocenters. The first-order valence-corrected chi connectivity index (χ1v) is 15.3. The summed E-state index contributed by atoms with van der Waals surface area (Å²) >= 11 is 0. The number of rotatable bonds is 8. The van der Waals surface area contributed by atoms with E-state index < -0.39 is 15.6 Å². The van der Waals surface area contributed by atoms with E-state index in [1.165, 1.54) is 11.1 Å². The smallest absolute Gasteiger partial charge is 0.245 e. The van der Waals surface area contributed by atoms with E-state index in [9.17, 15) is 13.5 Å². The van der Waals surface area contributed by atoms with Gasteiger partial charge in [0.1, 0.15) is 5.75 Å². The summed E-state index contributed by atoms with van der Waals surface area (Å²) in [6, 6.07) is 14.8. The minimum atomic E-state index is -3.69. The van der Waals surface area contributed by atoms with E-state index in [0.717, 1.165) is 48.4 Å². The van der Waals surface area contributed by atoms with Gasteiger partial charge in [0.2, 0.25) is 16.0 Å². The van der Waals surface area contributed by atoms with Crippen LogP contribution in [0.25, 0.3) is 16.8 Å². The van der Waals surface area contributed by atoms with Gasteiger partial charge in [0, 0.05) is 30.7 Å². The third-order valence-corrected chi connectivity index (χ3v) is 8.72. The molecule has 2 aromatic carbocycles. The van der Waals surface area contributed by atoms with E-state index in [-0.39, 0.29) is 11.0 Å². The Labute approximate surface area is 241 Å². The van der Waals surface area contributed by atoms with Crippen LogP contribution in [0.2, 0.25) is 0 Å². The Morgan fingerprint density at radius 3 is 2.49 bits per heavy atom. The third kappa shape index (κ3) is 6.70. The largest absolute Gasteiger partial charge is 0.495 e. The SMILES string of the molecule is COc1cc2c(cc1Nc1ncc3ccc(-c4cccc(S(=O)(=O)NC(C)(C)C)c4)n3n1)CCN(CC(C)O)CC2. The molecular weight excluding hydrogens is 540 g/mol. The second-order valence-electron chi connectivity index (χ2n) is 11.6. The van der Waals surface area contributed by atoms with Crippen molar-refractivity contribution < 1.29 is 18.3 Å². The van der Waals surface area contributed by atoms with Gasteiger partial charge in [-0.15, -0.1) is 5.10 Å². The number of hydrogen-bond donors (Lipinski definition) is 3. The minimum absolute atomic E-state index is 0.189. The van der Waals surface area contributed by atoms with Crippen LogP contribution in [0, 0.1) is 0 Å². The molecule has 0 fully saturated rings. The van der Waals surface area contributed by atoms with E-state index in [2.05, 4.69) is 32.1 Å². The molecule has 218 valence electrons. The number of anilines is 2. The maximum Gasteiger partial charge on any atom is 0.245 e. The summed E-state index contributed by atoms with van der Waals surface area (Å²) in [6.45, 7) is 9.67. The number of sulfonamides is 1. The number of nitrogens with zero attached hydrogens (tertiary/aromatic N) is 4. The lowest BCUT2D eigenvalue weighted by Crippen LogP contribution is -2.40. The summed E-state index contributed by atoms with van der Waals surface area (Å²) in [5, 5.41) is 17.9. The van der Waals surface area contributed by atoms with Gasteiger partial charge < -0.3 is 20.1 Å². The second-order valence-corrected chi connectivity index (χ2v) is 13.3. The average Bonchev–Trinajstić information content (AvgIpc) is 3.22. The molecule has 2 aromatic heterocycles. The lowest BCUT2D eigenvalue weighted by atomic mass is 10.0. The van der Waals surface area contributed by atoms with E-state index in [1.807, 2.05) is 45.9 Å². The molecule has 3 N–H and O–H groups in total. The molecule has 0 radical (unpaired) electrons. The van der Waals surface area contributed by atoms with Gasteiger partial charge in [0.15, 0.2) is 0 Å². The second kappa shape index (κ2) is 11.4. The Morgan fingerprint density at radius 1 is 1.07 bits per heavy atom. The fourth-order valence-electron chi connectivity index (χ4n) is 5.21. The fraction of sp³-hybridized carbons (Fsp3) is 0.400. The van der Waals surface area contributed by atoms with Gasteiger partial charge in [-0.3, -0.25) is 0 Å². The van der Waals surface area contributed by atoms with Crippen molar-refractivity contribution in [2.45, 2.75) is 57.1 Å². The van der Waals surface area contributed by atoms with E-state index in [4.69, 9.17) is 9.84 Å². The van der Waals surface area contributed by atoms with Crippen LogP contribution in [-0.2, 0) is 22.9 Å². The monoisotopic (exact) mass is 578 g/mol. The molecule has 0 spiro atoms. The minimum Gasteiger partial charge on any atom is -0.495 e. The Kier molecular flexibility index (Phi) is 8.06. The summed E-state index contributed by atoms with van der Waals surface area (Å²) < 4.78 is 36.1. The molecular formula is C30H38N6O4S. The Balaban J connectivity index is 1.44. The highest BCUT2D eigenvalue weighted by Gasteiger charge is 2.23. The normalized spacial score (nSPS) is 15.4. The van der Waals surface area contributed by atoms with Gasteiger partial charge in [0.25, 0.3) is 0 Å². The molecule has 0 bridgehead atoms. The van der Waals surface area contributed by atoms with Crippen LogP contribution in [0.4, 0.5) is 11.6 Å². The van der Waals surface area contributed by atoms with Crippen LogP contribution in [0.1, 0.15) is 38.8 Å². The van der Waals surface area contributed by atoms with Crippen LogP contribution in [0.5, 0.6) is 5.75 Å². The molecule has 1 aliphatic heterocycles. The molecule has 5 rings (SSSR count). The number of benzene rings is 2. The standard InChI is InChI=1S/C30H38N6O4S/c1-20(37)19-35-13-11-21-16-26(28(40-5)17-22(21)12-14-35)32-29-31-18-24-9-10-27(36(24)33-29)23-7-6-8-25(15-23)41(38,39)34-30(2,3)4/h6-10,15-18,20,34,37H,11-14,19H2,1-5H3,(H,32,33). The van der Waals surface area contributed by atoms with Gasteiger partial charge in [-0.2, -0.15) is 0 Å². The van der Waals surface area contributed by atoms with Gasteiger partial charge in [-0.25, -0.2) is 22.6 Å². The maximum absolute atomic E-state index is 13.0. The van der Waals surface area contributed by atoms with Crippen molar-refractivity contribution in [3.8, 4) is 17.0 Å². The molecule has 41 heavy (non-hydrogen) atoms. The lowest BCUT2D eigenvalue weighted by Gasteiger charge is -2.20. The molecule has 11 heteroatoms. The first kappa shape index (κ1) is 29.0. The van der Waals surface area contributed by atoms with Crippen molar-refractivity contribution >= 4 is 27.2 Å². The number of fused-ring (bicyclic) bond motifs is 2. The van der Waals surface area contributed by atoms with Crippen molar-refractivity contribution in [3.63, 3.8) is 0 Å². The first-order valence-electron chi connectivity index (χ1n) is 13.8. The van der Waals surface area contributed by atoms with Crippen LogP contribution in [0.15, 0.2) is 59.6 Å². The maximum atomic E-state index is 13.0. The van der Waals surface area contributed by atoms with Crippen molar-refractivity contribution in [2.75, 3.05) is 32.1 Å². The number of aliphatic hydroxyl groups excluding tert-OH is 1. The molecule has 10 nitrogen and oxygen atoms in total. The van der Waals surface area contributed by atoms with Crippen LogP contribution in [-0.4, -0.2) is 71.4 Å². The van der Waals surface area contributed by atoms with E-state index in [1.54, 1.807) is 36.0 Å². The Hall–Kier alpha value is -3.51. The van der Waals surface area contributed by atoms with Crippen molar-refractivity contribution in [2.24, 2.45) is 0 Å². The third-order valence-electron chi connectivity index (χ3n) is 6.96. The number of β-amino-alcohol motifs (C(OH)–C–C–N with tert-alkyl or cyclic N) is 1. The average molecular weight is 579 g/mol. The summed E-state index contributed by atoms with van der Waals surface area (Å²) in [5.41, 5.74) is 4.87. The molecule has 1 atom stereocenters. The summed E-state index contributed by atoms with van der Waals surface area (Å²) in [6.07, 6.45) is 3.12. The summed E-state index contributed by atoms with van der Waals surface area (Å²) in [4.78, 5) is 6.99.